The van der Waals surface area contributed by atoms with Crippen molar-refractivity contribution < 1.29 is 46.1 Å². The number of halogens is 5. The quantitative estimate of drug-likeness (QED) is 0.205. The minimum Gasteiger partial charge on any atom is -0.394 e. The van der Waals surface area contributed by atoms with E-state index in [1.165, 1.54) is 48.5 Å². The summed E-state index contributed by atoms with van der Waals surface area (Å²) in [5, 5.41) is 33.8. The molecule has 236 valence electrons. The van der Waals surface area contributed by atoms with Crippen LogP contribution in [0.15, 0.2) is 58.3 Å². The summed E-state index contributed by atoms with van der Waals surface area (Å²) in [4.78, 5) is 20.1. The first kappa shape index (κ1) is 38.3. The Balaban J connectivity index is 0.000000420. The Morgan fingerprint density at radius 3 is 1.29 bits per heavy atom. The second kappa shape index (κ2) is 16.9. The number of aliphatic hydroxyl groups excluding tert-OH is 3. The summed E-state index contributed by atoms with van der Waals surface area (Å²) in [5.74, 6) is -1.57. The maximum atomic E-state index is 12.9. The number of carbonyl (C=O) groups is 2. The van der Waals surface area contributed by atoms with Crippen molar-refractivity contribution in [2.75, 3.05) is 25.8 Å². The Kier molecular flexibility index (Phi) is 15.4. The number of amides is 2. The highest BCUT2D eigenvalue weighted by Gasteiger charge is 2.26. The van der Waals surface area contributed by atoms with Gasteiger partial charge in [0.1, 0.15) is 18.9 Å². The molecule has 4 atom stereocenters. The zero-order chi connectivity index (χ0) is 32.4. The van der Waals surface area contributed by atoms with E-state index < -0.39 is 78.7 Å². The Morgan fingerprint density at radius 2 is 1.02 bits per heavy atom. The van der Waals surface area contributed by atoms with Crippen LogP contribution in [0.5, 0.6) is 0 Å². The van der Waals surface area contributed by atoms with Gasteiger partial charge in [0.15, 0.2) is 29.3 Å². The summed E-state index contributed by atoms with van der Waals surface area (Å²) < 4.78 is 58.2. The molecule has 0 fully saturated rings. The monoisotopic (exact) mass is 712 g/mol. The van der Waals surface area contributed by atoms with Crippen molar-refractivity contribution in [1.82, 2.24) is 10.6 Å². The molecule has 2 aromatic rings. The van der Waals surface area contributed by atoms with E-state index in [4.69, 9.17) is 46.4 Å². The highest BCUT2D eigenvalue weighted by molar-refractivity contribution is 7.91. The van der Waals surface area contributed by atoms with Crippen molar-refractivity contribution in [3.8, 4) is 0 Å². The molecular weight excluding hydrogens is 685 g/mol. The first-order chi connectivity index (χ1) is 19.3. The van der Waals surface area contributed by atoms with Crippen LogP contribution in [0.25, 0.3) is 0 Å². The van der Waals surface area contributed by atoms with E-state index >= 15 is 0 Å². The highest BCUT2D eigenvalue weighted by Crippen LogP contribution is 2.21. The highest BCUT2D eigenvalue weighted by atomic mass is 35.5. The van der Waals surface area contributed by atoms with Gasteiger partial charge in [0.05, 0.1) is 28.5 Å². The van der Waals surface area contributed by atoms with E-state index in [9.17, 15) is 46.1 Å². The molecule has 2 amide bonds. The Morgan fingerprint density at radius 1 is 0.714 bits per heavy atom. The van der Waals surface area contributed by atoms with Crippen molar-refractivity contribution in [2.45, 2.75) is 43.8 Å². The fourth-order valence-corrected chi connectivity index (χ4v) is 4.72. The third-order valence-electron chi connectivity index (χ3n) is 5.48. The topological polar surface area (TPSA) is 187 Å². The molecule has 0 heterocycles. The summed E-state index contributed by atoms with van der Waals surface area (Å²) in [5.41, 5.74) is 0.591. The molecule has 0 spiro atoms. The molecular formula is C24H29Cl4FN2O9S2. The average Bonchev–Trinajstić information content (AvgIpc) is 2.93. The normalized spacial score (nSPS) is 14.8. The molecule has 0 aliphatic rings. The molecule has 11 nitrogen and oxygen atoms in total. The fourth-order valence-electron chi connectivity index (χ4n) is 3.21. The summed E-state index contributed by atoms with van der Waals surface area (Å²) in [6, 6.07) is 8.47. The van der Waals surface area contributed by atoms with Gasteiger partial charge >= 0.3 is 0 Å². The molecule has 0 aromatic heterocycles. The zero-order valence-electron chi connectivity index (χ0n) is 22.0. The van der Waals surface area contributed by atoms with Crippen molar-refractivity contribution in [1.29, 1.82) is 0 Å². The van der Waals surface area contributed by atoms with Crippen molar-refractivity contribution >= 4 is 77.9 Å². The van der Waals surface area contributed by atoms with Crippen LogP contribution < -0.4 is 10.6 Å². The Bertz CT molecular complexity index is 1290. The number of carbonyl (C=O) groups excluding carboxylic acids is 2. The summed E-state index contributed by atoms with van der Waals surface area (Å²) in [6.45, 7) is -1.58. The van der Waals surface area contributed by atoms with Gasteiger partial charge in [-0.3, -0.25) is 9.59 Å². The Labute approximate surface area is 262 Å². The van der Waals surface area contributed by atoms with E-state index in [0.29, 0.717) is 5.56 Å². The van der Waals surface area contributed by atoms with Crippen molar-refractivity contribution in [2.24, 2.45) is 0 Å². The number of nitrogens with one attached hydrogen (secondary N) is 2. The second-order valence-corrected chi connectivity index (χ2v) is 15.0. The number of alkyl halides is 5. The molecule has 0 aliphatic carbocycles. The minimum atomic E-state index is -3.36. The molecule has 0 bridgehead atoms. The lowest BCUT2D eigenvalue weighted by Crippen LogP contribution is -2.44. The maximum Gasteiger partial charge on any atom is 0.253 e. The fraction of sp³-hybridized carbons (Fsp3) is 0.417. The van der Waals surface area contributed by atoms with Crippen molar-refractivity contribution in [3.63, 3.8) is 0 Å². The van der Waals surface area contributed by atoms with Crippen LogP contribution in [0.1, 0.15) is 23.3 Å². The summed E-state index contributed by atoms with van der Waals surface area (Å²) >= 11 is 21.4. The van der Waals surface area contributed by atoms with Gasteiger partial charge in [-0.05, 0) is 35.4 Å². The van der Waals surface area contributed by atoms with Gasteiger partial charge in [-0.15, -0.1) is 0 Å². The lowest BCUT2D eigenvalue weighted by molar-refractivity contribution is -0.122. The van der Waals surface area contributed by atoms with Gasteiger partial charge in [-0.25, -0.2) is 21.2 Å². The van der Waals surface area contributed by atoms with Gasteiger partial charge in [0, 0.05) is 12.5 Å². The largest absolute Gasteiger partial charge is 0.394 e. The average molecular weight is 714 g/mol. The number of sulfone groups is 2. The van der Waals surface area contributed by atoms with Gasteiger partial charge in [-0.1, -0.05) is 70.7 Å². The number of rotatable bonds is 12. The molecule has 0 unspecified atom stereocenters. The smallest absolute Gasteiger partial charge is 0.253 e. The van der Waals surface area contributed by atoms with Crippen LogP contribution in [0, 0.1) is 0 Å². The minimum absolute atomic E-state index is 0.0702. The van der Waals surface area contributed by atoms with Gasteiger partial charge in [0.2, 0.25) is 0 Å². The van der Waals surface area contributed by atoms with Crippen LogP contribution in [0.4, 0.5) is 4.39 Å². The second-order valence-electron chi connectivity index (χ2n) is 8.74. The Hall–Kier alpha value is -1.75. The molecule has 0 saturated carbocycles. The first-order valence-electron chi connectivity index (χ1n) is 11.6. The van der Waals surface area contributed by atoms with Crippen LogP contribution in [-0.2, 0) is 29.3 Å². The summed E-state index contributed by atoms with van der Waals surface area (Å²) in [6.07, 6.45) is -0.486. The number of aliphatic hydroxyl groups is 3. The predicted molar refractivity (Wildman–Crippen MR) is 157 cm³/mol. The molecule has 2 rings (SSSR count). The number of hydrogen-bond donors (Lipinski definition) is 5. The lowest BCUT2D eigenvalue weighted by atomic mass is 10.0. The van der Waals surface area contributed by atoms with E-state index in [2.05, 4.69) is 10.6 Å². The van der Waals surface area contributed by atoms with Crippen molar-refractivity contribution in [3.05, 3.63) is 59.7 Å². The zero-order valence-corrected chi connectivity index (χ0v) is 26.7. The van der Waals surface area contributed by atoms with Crippen LogP contribution >= 0.6 is 46.4 Å². The van der Waals surface area contributed by atoms with Gasteiger partial charge < -0.3 is 26.0 Å². The van der Waals surface area contributed by atoms with E-state index in [-0.39, 0.29) is 15.4 Å². The molecule has 42 heavy (non-hydrogen) atoms. The molecule has 0 saturated heterocycles. The number of hydrogen-bond acceptors (Lipinski definition) is 9. The first-order valence-corrected chi connectivity index (χ1v) is 17.2. The molecule has 18 heteroatoms. The molecule has 5 N–H and O–H groups in total. The van der Waals surface area contributed by atoms with Crippen LogP contribution in [0.3, 0.4) is 0 Å². The molecule has 2 aromatic carbocycles. The predicted octanol–water partition coefficient (Wildman–Crippen LogP) is 1.79. The molecule has 0 aliphatic heterocycles. The van der Waals surface area contributed by atoms with E-state index in [1.807, 2.05) is 0 Å². The van der Waals surface area contributed by atoms with E-state index in [0.717, 1.165) is 12.5 Å². The standard InChI is InChI=1S/C12H14Cl2FNO4S.C12H15Cl2NO5S/c1-21(19,20)8-4-2-7(3-5-8)10(17)9(6-15)16-12(18)11(13)14;1-21(19,20)8-4-2-7(3-5-8)10(17)9(6-16)15-12(18)11(13)14/h2-5,9-11,17H,6H2,1H3,(H,16,18);2-5,9-11,16-17H,6H2,1H3,(H,15,18)/t2*9-,10-/m11/s1. The third-order valence-corrected chi connectivity index (χ3v) is 8.53. The van der Waals surface area contributed by atoms with Crippen LogP contribution in [0.2, 0.25) is 0 Å². The van der Waals surface area contributed by atoms with Gasteiger partial charge in [-0.2, -0.15) is 0 Å². The molecule has 0 radical (unpaired) electrons. The van der Waals surface area contributed by atoms with Crippen LogP contribution in [-0.4, -0.2) is 91.5 Å². The third kappa shape index (κ3) is 12.1. The van der Waals surface area contributed by atoms with Gasteiger partial charge in [0.25, 0.3) is 11.8 Å². The number of benzene rings is 2. The van der Waals surface area contributed by atoms with E-state index in [1.54, 1.807) is 0 Å². The SMILES string of the molecule is CS(=O)(=O)c1ccc([C@@H](O)[C@@H](CF)NC(=O)C(Cl)Cl)cc1.CS(=O)(=O)c1ccc([C@@H](O)[C@@H](CO)NC(=O)C(Cl)Cl)cc1. The maximum absolute atomic E-state index is 12.9. The summed E-state index contributed by atoms with van der Waals surface area (Å²) in [7, 11) is -6.70. The lowest BCUT2D eigenvalue weighted by Gasteiger charge is -2.23.